The average molecular weight is 325 g/mol. The van der Waals surface area contributed by atoms with Crippen LogP contribution in [0.2, 0.25) is 0 Å². The molecule has 3 rings (SSSR count). The summed E-state index contributed by atoms with van der Waals surface area (Å²) in [6, 6.07) is 16.6. The monoisotopic (exact) mass is 325 g/mol. The van der Waals surface area contributed by atoms with Gasteiger partial charge in [0.1, 0.15) is 11.3 Å². The van der Waals surface area contributed by atoms with Gasteiger partial charge in [-0.1, -0.05) is 30.3 Å². The van der Waals surface area contributed by atoms with Gasteiger partial charge in [0.05, 0.1) is 13.2 Å². The molecule has 0 aliphatic carbocycles. The van der Waals surface area contributed by atoms with Crippen LogP contribution in [-0.4, -0.2) is 19.6 Å². The summed E-state index contributed by atoms with van der Waals surface area (Å²) in [5.41, 5.74) is 0.805. The first-order chi connectivity index (χ1) is 11.7. The van der Waals surface area contributed by atoms with Gasteiger partial charge in [0.15, 0.2) is 18.1 Å². The Morgan fingerprint density at radius 1 is 1.12 bits per heavy atom. The molecule has 0 saturated carbocycles. The first-order valence-corrected chi connectivity index (χ1v) is 7.71. The highest BCUT2D eigenvalue weighted by atomic mass is 16.5. The van der Waals surface area contributed by atoms with Crippen molar-refractivity contribution in [3.05, 3.63) is 60.4 Å². The summed E-state index contributed by atoms with van der Waals surface area (Å²) in [7, 11) is 1.56. The van der Waals surface area contributed by atoms with Gasteiger partial charge in [0, 0.05) is 5.39 Å². The van der Waals surface area contributed by atoms with Crippen LogP contribution < -0.4 is 14.8 Å². The summed E-state index contributed by atoms with van der Waals surface area (Å²) < 4.78 is 16.5. The van der Waals surface area contributed by atoms with Gasteiger partial charge in [-0.2, -0.15) is 0 Å². The molecule has 0 fully saturated rings. The number of furan rings is 1. The lowest BCUT2D eigenvalue weighted by Crippen LogP contribution is -2.31. The highest BCUT2D eigenvalue weighted by Crippen LogP contribution is 2.26. The standard InChI is InChI=1S/C19H19NO4/c1-13(18-11-14-7-3-4-8-15(14)24-18)20-19(21)12-23-17-10-6-5-9-16(17)22-2/h3-11,13H,12H2,1-2H3,(H,20,21). The van der Waals surface area contributed by atoms with Crippen LogP contribution in [0.3, 0.4) is 0 Å². The third-order valence-corrected chi connectivity index (χ3v) is 3.68. The maximum absolute atomic E-state index is 12.1. The molecule has 0 aliphatic heterocycles. The van der Waals surface area contributed by atoms with E-state index in [1.165, 1.54) is 0 Å². The van der Waals surface area contributed by atoms with Crippen LogP contribution in [0.1, 0.15) is 18.7 Å². The van der Waals surface area contributed by atoms with Crippen molar-refractivity contribution in [1.82, 2.24) is 5.32 Å². The van der Waals surface area contributed by atoms with E-state index in [4.69, 9.17) is 13.9 Å². The molecule has 0 radical (unpaired) electrons. The topological polar surface area (TPSA) is 60.7 Å². The minimum atomic E-state index is -0.244. The van der Waals surface area contributed by atoms with Gasteiger partial charge >= 0.3 is 0 Å². The number of hydrogen-bond acceptors (Lipinski definition) is 4. The third kappa shape index (κ3) is 3.51. The lowest BCUT2D eigenvalue weighted by Gasteiger charge is -2.13. The number of benzene rings is 2. The Bertz CT molecular complexity index is 807. The Labute approximate surface area is 140 Å². The Balaban J connectivity index is 1.60. The van der Waals surface area contributed by atoms with Gasteiger partial charge < -0.3 is 19.2 Å². The molecule has 1 N–H and O–H groups in total. The fourth-order valence-corrected chi connectivity index (χ4v) is 2.45. The van der Waals surface area contributed by atoms with E-state index in [1.807, 2.05) is 49.4 Å². The lowest BCUT2D eigenvalue weighted by molar-refractivity contribution is -0.123. The van der Waals surface area contributed by atoms with E-state index in [2.05, 4.69) is 5.32 Å². The van der Waals surface area contributed by atoms with Gasteiger partial charge in [-0.15, -0.1) is 0 Å². The number of para-hydroxylation sites is 3. The van der Waals surface area contributed by atoms with E-state index in [9.17, 15) is 4.79 Å². The predicted octanol–water partition coefficient (Wildman–Crippen LogP) is 3.70. The summed E-state index contributed by atoms with van der Waals surface area (Å²) in [4.78, 5) is 12.1. The Hall–Kier alpha value is -2.95. The van der Waals surface area contributed by atoms with Crippen molar-refractivity contribution in [2.75, 3.05) is 13.7 Å². The summed E-state index contributed by atoms with van der Waals surface area (Å²) in [5.74, 6) is 1.61. The van der Waals surface area contributed by atoms with Gasteiger partial charge in [-0.25, -0.2) is 0 Å². The molecule has 24 heavy (non-hydrogen) atoms. The molecule has 1 aromatic heterocycles. The Morgan fingerprint density at radius 3 is 2.58 bits per heavy atom. The number of methoxy groups -OCH3 is 1. The predicted molar refractivity (Wildman–Crippen MR) is 91.3 cm³/mol. The highest BCUT2D eigenvalue weighted by Gasteiger charge is 2.15. The van der Waals surface area contributed by atoms with Crippen LogP contribution in [-0.2, 0) is 4.79 Å². The number of carbonyl (C=O) groups excluding carboxylic acids is 1. The van der Waals surface area contributed by atoms with Crippen molar-refractivity contribution >= 4 is 16.9 Å². The number of rotatable bonds is 6. The SMILES string of the molecule is COc1ccccc1OCC(=O)NC(C)c1cc2ccccc2o1. The zero-order valence-corrected chi connectivity index (χ0v) is 13.6. The van der Waals surface area contributed by atoms with Crippen molar-refractivity contribution in [2.24, 2.45) is 0 Å². The second-order valence-corrected chi connectivity index (χ2v) is 5.42. The molecule has 2 aromatic carbocycles. The second-order valence-electron chi connectivity index (χ2n) is 5.42. The average Bonchev–Trinajstić information content (AvgIpc) is 3.04. The van der Waals surface area contributed by atoms with Crippen LogP contribution in [0.4, 0.5) is 0 Å². The first kappa shape index (κ1) is 15.9. The maximum Gasteiger partial charge on any atom is 0.258 e. The molecule has 1 unspecified atom stereocenters. The molecule has 3 aromatic rings. The molecule has 1 amide bonds. The Kier molecular flexibility index (Phi) is 4.70. The Morgan fingerprint density at radius 2 is 1.83 bits per heavy atom. The largest absolute Gasteiger partial charge is 0.493 e. The molecular weight excluding hydrogens is 306 g/mol. The number of fused-ring (bicyclic) bond motifs is 1. The van der Waals surface area contributed by atoms with Crippen molar-refractivity contribution < 1.29 is 18.7 Å². The van der Waals surface area contributed by atoms with Gasteiger partial charge in [0.25, 0.3) is 5.91 Å². The number of hydrogen-bond donors (Lipinski definition) is 1. The fourth-order valence-electron chi connectivity index (χ4n) is 2.45. The quantitative estimate of drug-likeness (QED) is 0.751. The molecule has 124 valence electrons. The third-order valence-electron chi connectivity index (χ3n) is 3.68. The molecule has 0 spiro atoms. The molecule has 1 atom stereocenters. The fraction of sp³-hybridized carbons (Fsp3) is 0.211. The number of amides is 1. The summed E-state index contributed by atoms with van der Waals surface area (Å²) in [6.45, 7) is 1.78. The second kappa shape index (κ2) is 7.08. The van der Waals surface area contributed by atoms with Crippen molar-refractivity contribution in [1.29, 1.82) is 0 Å². The normalized spacial score (nSPS) is 11.9. The van der Waals surface area contributed by atoms with E-state index in [-0.39, 0.29) is 18.6 Å². The van der Waals surface area contributed by atoms with Crippen LogP contribution in [0.5, 0.6) is 11.5 Å². The van der Waals surface area contributed by atoms with Gasteiger partial charge in [0.2, 0.25) is 0 Å². The first-order valence-electron chi connectivity index (χ1n) is 7.71. The molecule has 0 bridgehead atoms. The maximum atomic E-state index is 12.1. The zero-order chi connectivity index (χ0) is 16.9. The molecule has 5 nitrogen and oxygen atoms in total. The summed E-state index contributed by atoms with van der Waals surface area (Å²) in [6.07, 6.45) is 0. The van der Waals surface area contributed by atoms with Gasteiger partial charge in [-0.3, -0.25) is 4.79 Å². The van der Waals surface area contributed by atoms with Crippen molar-refractivity contribution in [3.63, 3.8) is 0 Å². The van der Waals surface area contributed by atoms with Crippen molar-refractivity contribution in [3.8, 4) is 11.5 Å². The van der Waals surface area contributed by atoms with E-state index >= 15 is 0 Å². The smallest absolute Gasteiger partial charge is 0.258 e. The number of ether oxygens (including phenoxy) is 2. The zero-order valence-electron chi connectivity index (χ0n) is 13.6. The molecule has 1 heterocycles. The van der Waals surface area contributed by atoms with Crippen molar-refractivity contribution in [2.45, 2.75) is 13.0 Å². The minimum absolute atomic E-state index is 0.0923. The van der Waals surface area contributed by atoms with E-state index < -0.39 is 0 Å². The molecular formula is C19H19NO4. The number of nitrogens with one attached hydrogen (secondary N) is 1. The molecule has 5 heteroatoms. The minimum Gasteiger partial charge on any atom is -0.493 e. The molecule has 0 aliphatic rings. The van der Waals surface area contributed by atoms with E-state index in [0.717, 1.165) is 11.0 Å². The summed E-state index contributed by atoms with van der Waals surface area (Å²) in [5, 5.41) is 3.88. The van der Waals surface area contributed by atoms with Crippen LogP contribution >= 0.6 is 0 Å². The van der Waals surface area contributed by atoms with Crippen LogP contribution in [0.15, 0.2) is 59.0 Å². The van der Waals surface area contributed by atoms with E-state index in [1.54, 1.807) is 19.2 Å². The highest BCUT2D eigenvalue weighted by molar-refractivity contribution is 5.79. The van der Waals surface area contributed by atoms with Gasteiger partial charge in [-0.05, 0) is 31.2 Å². The van der Waals surface area contributed by atoms with E-state index in [0.29, 0.717) is 17.3 Å². The lowest BCUT2D eigenvalue weighted by atomic mass is 10.2. The molecule has 0 saturated heterocycles. The van der Waals surface area contributed by atoms with Crippen LogP contribution in [0, 0.1) is 0 Å². The number of carbonyl (C=O) groups is 1. The van der Waals surface area contributed by atoms with Crippen LogP contribution in [0.25, 0.3) is 11.0 Å². The summed E-state index contributed by atoms with van der Waals surface area (Å²) >= 11 is 0.